The first-order valence-electron chi connectivity index (χ1n) is 7.74. The summed E-state index contributed by atoms with van der Waals surface area (Å²) in [5.41, 5.74) is 0.726. The van der Waals surface area contributed by atoms with Gasteiger partial charge in [0.25, 0.3) is 0 Å². The Morgan fingerprint density at radius 1 is 0.962 bits per heavy atom. The molecule has 2 aromatic carbocycles. The lowest BCUT2D eigenvalue weighted by Gasteiger charge is -2.08. The van der Waals surface area contributed by atoms with Crippen molar-refractivity contribution in [2.75, 3.05) is 13.1 Å². The van der Waals surface area contributed by atoms with Crippen molar-refractivity contribution in [1.82, 2.24) is 10.0 Å². The lowest BCUT2D eigenvalue weighted by atomic mass is 10.1. The van der Waals surface area contributed by atoms with Gasteiger partial charge in [-0.25, -0.2) is 26.3 Å². The van der Waals surface area contributed by atoms with E-state index >= 15 is 0 Å². The molecule has 140 valence electrons. The van der Waals surface area contributed by atoms with Gasteiger partial charge in [0, 0.05) is 19.5 Å². The topological polar surface area (TPSA) is 75.3 Å². The highest BCUT2D eigenvalue weighted by atomic mass is 32.2. The molecule has 0 aliphatic rings. The maximum atomic E-state index is 13.1. The number of carbonyl (C=O) groups is 1. The minimum atomic E-state index is -4.04. The quantitative estimate of drug-likeness (QED) is 0.730. The Kier molecular flexibility index (Phi) is 6.76. The van der Waals surface area contributed by atoms with Gasteiger partial charge in [-0.1, -0.05) is 12.1 Å². The molecule has 1 amide bonds. The highest BCUT2D eigenvalue weighted by Gasteiger charge is 2.16. The van der Waals surface area contributed by atoms with Crippen LogP contribution in [0.2, 0.25) is 0 Å². The first kappa shape index (κ1) is 19.9. The first-order valence-corrected chi connectivity index (χ1v) is 9.22. The van der Waals surface area contributed by atoms with E-state index in [0.29, 0.717) is 18.6 Å². The number of benzene rings is 2. The van der Waals surface area contributed by atoms with Crippen LogP contribution in [0.3, 0.4) is 0 Å². The molecule has 0 atom stereocenters. The fourth-order valence-corrected chi connectivity index (χ4v) is 3.20. The summed E-state index contributed by atoms with van der Waals surface area (Å²) in [7, 11) is -4.04. The summed E-state index contributed by atoms with van der Waals surface area (Å²) < 4.78 is 65.0. The summed E-state index contributed by atoms with van der Waals surface area (Å²) in [5, 5.41) is 2.59. The van der Waals surface area contributed by atoms with Crippen molar-refractivity contribution in [1.29, 1.82) is 0 Å². The number of nitrogens with one attached hydrogen (secondary N) is 2. The monoisotopic (exact) mass is 386 g/mol. The second kappa shape index (κ2) is 8.81. The highest BCUT2D eigenvalue weighted by Crippen LogP contribution is 2.13. The second-order valence-corrected chi connectivity index (χ2v) is 7.22. The summed E-state index contributed by atoms with van der Waals surface area (Å²) >= 11 is 0. The number of hydrogen-bond donors (Lipinski definition) is 2. The standard InChI is InChI=1S/C17H17F3N2O3S/c18-13-3-1-2-12(10-13)6-8-21-17(23)7-9-22-26(24,25)14-4-5-15(19)16(20)11-14/h1-5,10-11,22H,6-9H2,(H,21,23). The van der Waals surface area contributed by atoms with Gasteiger partial charge in [0.1, 0.15) is 5.82 Å². The van der Waals surface area contributed by atoms with Gasteiger partial charge in [-0.3, -0.25) is 4.79 Å². The lowest BCUT2D eigenvalue weighted by molar-refractivity contribution is -0.120. The van der Waals surface area contributed by atoms with Crippen LogP contribution in [0.5, 0.6) is 0 Å². The van der Waals surface area contributed by atoms with Crippen molar-refractivity contribution < 1.29 is 26.4 Å². The molecule has 0 bridgehead atoms. The fraction of sp³-hybridized carbons (Fsp3) is 0.235. The Hall–Kier alpha value is -2.39. The molecule has 0 aliphatic carbocycles. The van der Waals surface area contributed by atoms with Gasteiger partial charge in [-0.2, -0.15) is 0 Å². The minimum absolute atomic E-state index is 0.133. The Labute approximate surface area is 149 Å². The van der Waals surface area contributed by atoms with Gasteiger partial charge in [0.05, 0.1) is 4.90 Å². The van der Waals surface area contributed by atoms with Gasteiger partial charge in [-0.05, 0) is 42.3 Å². The Morgan fingerprint density at radius 3 is 2.42 bits per heavy atom. The van der Waals surface area contributed by atoms with Crippen LogP contribution in [0.15, 0.2) is 47.4 Å². The average Bonchev–Trinajstić information content (AvgIpc) is 2.57. The highest BCUT2D eigenvalue weighted by molar-refractivity contribution is 7.89. The van der Waals surface area contributed by atoms with Crippen molar-refractivity contribution in [2.45, 2.75) is 17.7 Å². The van der Waals surface area contributed by atoms with Gasteiger partial charge >= 0.3 is 0 Å². The van der Waals surface area contributed by atoms with Crippen molar-refractivity contribution >= 4 is 15.9 Å². The maximum absolute atomic E-state index is 13.1. The molecule has 0 heterocycles. The smallest absolute Gasteiger partial charge is 0.240 e. The molecule has 0 radical (unpaired) electrons. The molecule has 2 rings (SSSR count). The molecular formula is C17H17F3N2O3S. The van der Waals surface area contributed by atoms with E-state index in [1.165, 1.54) is 12.1 Å². The summed E-state index contributed by atoms with van der Waals surface area (Å²) in [6.45, 7) is 0.0747. The summed E-state index contributed by atoms with van der Waals surface area (Å²) in [4.78, 5) is 11.3. The Balaban J connectivity index is 1.75. The largest absolute Gasteiger partial charge is 0.356 e. The third-order valence-corrected chi connectivity index (χ3v) is 4.93. The molecule has 0 fully saturated rings. The molecule has 26 heavy (non-hydrogen) atoms. The van der Waals surface area contributed by atoms with Crippen LogP contribution in [-0.4, -0.2) is 27.4 Å². The first-order chi connectivity index (χ1) is 12.3. The Bertz CT molecular complexity index is 889. The van der Waals surface area contributed by atoms with E-state index in [1.807, 2.05) is 0 Å². The molecule has 0 aromatic heterocycles. The van der Waals surface area contributed by atoms with Crippen LogP contribution in [-0.2, 0) is 21.2 Å². The third kappa shape index (κ3) is 5.85. The van der Waals surface area contributed by atoms with Gasteiger partial charge in [-0.15, -0.1) is 0 Å². The van der Waals surface area contributed by atoms with Crippen molar-refractivity contribution in [2.24, 2.45) is 0 Å². The molecule has 0 spiro atoms. The molecule has 2 N–H and O–H groups in total. The molecule has 0 saturated heterocycles. The lowest BCUT2D eigenvalue weighted by Crippen LogP contribution is -2.31. The molecule has 0 unspecified atom stereocenters. The molecule has 5 nitrogen and oxygen atoms in total. The number of amides is 1. The number of hydrogen-bond acceptors (Lipinski definition) is 3. The van der Waals surface area contributed by atoms with E-state index in [1.54, 1.807) is 12.1 Å². The SMILES string of the molecule is O=C(CCNS(=O)(=O)c1ccc(F)c(F)c1)NCCc1cccc(F)c1. The zero-order chi connectivity index (χ0) is 19.2. The van der Waals surface area contributed by atoms with E-state index < -0.39 is 32.5 Å². The molecule has 0 aliphatic heterocycles. The predicted octanol–water partition coefficient (Wildman–Crippen LogP) is 2.13. The van der Waals surface area contributed by atoms with E-state index in [-0.39, 0.29) is 25.3 Å². The number of sulfonamides is 1. The normalized spacial score (nSPS) is 11.3. The van der Waals surface area contributed by atoms with Gasteiger partial charge in [0.2, 0.25) is 15.9 Å². The summed E-state index contributed by atoms with van der Waals surface area (Å²) in [5.74, 6) is -3.18. The zero-order valence-corrected chi connectivity index (χ0v) is 14.5. The van der Waals surface area contributed by atoms with Crippen molar-refractivity contribution in [3.8, 4) is 0 Å². The average molecular weight is 386 g/mol. The predicted molar refractivity (Wildman–Crippen MR) is 89.3 cm³/mol. The molecule has 2 aromatic rings. The van der Waals surface area contributed by atoms with Crippen molar-refractivity contribution in [3.63, 3.8) is 0 Å². The van der Waals surface area contributed by atoms with Gasteiger partial charge < -0.3 is 5.32 Å². The molecule has 0 saturated carbocycles. The molecular weight excluding hydrogens is 369 g/mol. The minimum Gasteiger partial charge on any atom is -0.356 e. The third-order valence-electron chi connectivity index (χ3n) is 3.47. The number of halogens is 3. The maximum Gasteiger partial charge on any atom is 0.240 e. The van der Waals surface area contributed by atoms with Crippen LogP contribution < -0.4 is 10.0 Å². The summed E-state index contributed by atoms with van der Waals surface area (Å²) in [6.07, 6.45) is 0.302. The summed E-state index contributed by atoms with van der Waals surface area (Å²) in [6, 6.07) is 8.19. The van der Waals surface area contributed by atoms with E-state index in [2.05, 4.69) is 10.0 Å². The van der Waals surface area contributed by atoms with Crippen LogP contribution in [0.4, 0.5) is 13.2 Å². The van der Waals surface area contributed by atoms with E-state index in [4.69, 9.17) is 0 Å². The number of carbonyl (C=O) groups excluding carboxylic acids is 1. The van der Waals surface area contributed by atoms with Crippen molar-refractivity contribution in [3.05, 3.63) is 65.5 Å². The van der Waals surface area contributed by atoms with Crippen LogP contribution in [0.25, 0.3) is 0 Å². The molecule has 9 heteroatoms. The van der Waals surface area contributed by atoms with Crippen LogP contribution in [0.1, 0.15) is 12.0 Å². The van der Waals surface area contributed by atoms with Gasteiger partial charge in [0.15, 0.2) is 11.6 Å². The second-order valence-electron chi connectivity index (χ2n) is 5.45. The van der Waals surface area contributed by atoms with E-state index in [9.17, 15) is 26.4 Å². The fourth-order valence-electron chi connectivity index (χ4n) is 2.15. The van der Waals surface area contributed by atoms with E-state index in [0.717, 1.165) is 11.6 Å². The Morgan fingerprint density at radius 2 is 1.73 bits per heavy atom. The van der Waals surface area contributed by atoms with Crippen LogP contribution in [0, 0.1) is 17.5 Å². The zero-order valence-electron chi connectivity index (χ0n) is 13.6. The number of rotatable bonds is 8. The van der Waals surface area contributed by atoms with Crippen LogP contribution >= 0.6 is 0 Å².